The highest BCUT2D eigenvalue weighted by Gasteiger charge is 2.16. The van der Waals surface area contributed by atoms with Crippen molar-refractivity contribution in [2.75, 3.05) is 0 Å². The molecule has 166 valence electrons. The van der Waals surface area contributed by atoms with Crippen LogP contribution in [0.3, 0.4) is 0 Å². The summed E-state index contributed by atoms with van der Waals surface area (Å²) in [5.41, 5.74) is 2.66. The van der Waals surface area contributed by atoms with E-state index < -0.39 is 11.5 Å². The van der Waals surface area contributed by atoms with Crippen LogP contribution in [0.4, 0.5) is 0 Å². The molecule has 0 saturated heterocycles. The molecule has 9 heteroatoms. The van der Waals surface area contributed by atoms with E-state index in [-0.39, 0.29) is 24.6 Å². The highest BCUT2D eigenvalue weighted by molar-refractivity contribution is 6.01. The molecule has 0 unspecified atom stereocenters. The van der Waals surface area contributed by atoms with Gasteiger partial charge >= 0.3 is 5.97 Å². The molecule has 0 aliphatic rings. The molecule has 0 saturated carbocycles. The maximum absolute atomic E-state index is 12.7. The first-order chi connectivity index (χ1) is 16.0. The Labute approximate surface area is 187 Å². The van der Waals surface area contributed by atoms with Gasteiger partial charge in [0.1, 0.15) is 17.6 Å². The maximum Gasteiger partial charge on any atom is 0.326 e. The smallest absolute Gasteiger partial charge is 0.326 e. The van der Waals surface area contributed by atoms with Gasteiger partial charge in [0.25, 0.3) is 11.4 Å². The maximum atomic E-state index is 12.7. The molecule has 33 heavy (non-hydrogen) atoms. The summed E-state index contributed by atoms with van der Waals surface area (Å²) in [6, 6.07) is 15.1. The number of aromatic nitrogens is 4. The monoisotopic (exact) mass is 444 g/mol. The Morgan fingerprint density at radius 1 is 1.12 bits per heavy atom. The van der Waals surface area contributed by atoms with Crippen LogP contribution in [-0.2, 0) is 22.7 Å². The van der Waals surface area contributed by atoms with Crippen molar-refractivity contribution in [1.29, 1.82) is 0 Å². The molecular weight excluding hydrogens is 424 g/mol. The van der Waals surface area contributed by atoms with Gasteiger partial charge in [-0.05, 0) is 23.6 Å². The molecule has 0 aliphatic carbocycles. The number of para-hydroxylation sites is 1. The van der Waals surface area contributed by atoms with E-state index in [2.05, 4.69) is 29.0 Å². The minimum absolute atomic E-state index is 0.0940. The Hall–Kier alpha value is -4.27. The highest BCUT2D eigenvalue weighted by Crippen LogP contribution is 2.24. The topological polar surface area (TPSA) is 113 Å². The van der Waals surface area contributed by atoms with E-state index in [4.69, 9.17) is 13.7 Å². The van der Waals surface area contributed by atoms with Crippen LogP contribution in [0.2, 0.25) is 0 Å². The van der Waals surface area contributed by atoms with Crippen LogP contribution in [0.5, 0.6) is 0 Å². The van der Waals surface area contributed by atoms with E-state index in [0.29, 0.717) is 22.8 Å². The van der Waals surface area contributed by atoms with Gasteiger partial charge < -0.3 is 13.7 Å². The number of ether oxygens (including phenoxy) is 1. The van der Waals surface area contributed by atoms with Gasteiger partial charge in [-0.15, -0.1) is 0 Å². The number of hydrogen-bond donors (Lipinski definition) is 0. The average Bonchev–Trinajstić information content (AvgIpc) is 3.45. The quantitative estimate of drug-likeness (QED) is 0.360. The molecule has 0 radical (unpaired) electrons. The zero-order valence-electron chi connectivity index (χ0n) is 18.0. The summed E-state index contributed by atoms with van der Waals surface area (Å²) >= 11 is 0. The minimum atomic E-state index is -0.643. The van der Waals surface area contributed by atoms with Crippen molar-refractivity contribution < 1.29 is 18.5 Å². The van der Waals surface area contributed by atoms with Crippen molar-refractivity contribution in [3.8, 4) is 11.4 Å². The van der Waals surface area contributed by atoms with Crippen LogP contribution in [-0.4, -0.2) is 25.7 Å². The number of nitrogens with zero attached hydrogens (tertiary/aromatic N) is 4. The lowest BCUT2D eigenvalue weighted by Gasteiger charge is -2.05. The van der Waals surface area contributed by atoms with E-state index in [0.717, 1.165) is 15.5 Å². The molecule has 0 atom stereocenters. The van der Waals surface area contributed by atoms with E-state index >= 15 is 0 Å². The molecule has 3 heterocycles. The summed E-state index contributed by atoms with van der Waals surface area (Å²) in [7, 11) is 0. The number of benzene rings is 2. The second-order valence-electron chi connectivity index (χ2n) is 7.90. The van der Waals surface area contributed by atoms with Crippen molar-refractivity contribution in [3.05, 3.63) is 76.7 Å². The van der Waals surface area contributed by atoms with Crippen LogP contribution in [0.1, 0.15) is 31.2 Å². The van der Waals surface area contributed by atoms with Gasteiger partial charge in [0.2, 0.25) is 11.4 Å². The summed E-state index contributed by atoms with van der Waals surface area (Å²) in [5, 5.41) is 4.68. The van der Waals surface area contributed by atoms with Gasteiger partial charge in [-0.3, -0.25) is 14.2 Å². The molecule has 5 rings (SSSR count). The number of esters is 1. The number of carbonyl (C=O) groups excluding carboxylic acids is 1. The first-order valence-corrected chi connectivity index (χ1v) is 10.4. The van der Waals surface area contributed by atoms with E-state index in [1.807, 2.05) is 42.5 Å². The summed E-state index contributed by atoms with van der Waals surface area (Å²) in [6.07, 6.45) is 1.31. The molecule has 0 aliphatic heterocycles. The number of rotatable bonds is 6. The molecule has 0 spiro atoms. The van der Waals surface area contributed by atoms with Crippen molar-refractivity contribution in [3.63, 3.8) is 0 Å². The van der Waals surface area contributed by atoms with Gasteiger partial charge in [0.05, 0.1) is 6.33 Å². The molecule has 9 nitrogen and oxygen atoms in total. The normalized spacial score (nSPS) is 11.5. The second-order valence-corrected chi connectivity index (χ2v) is 7.90. The standard InChI is InChI=1S/C24H20N4O5/c1-14(2)15-7-9-16(10-8-15)23-26-19(33-27-23)12-31-20(29)11-28-13-25-21-17-5-3-4-6-18(17)32-22(21)24(28)30/h3-10,13-14H,11-12H2,1-2H3. The third-order valence-electron chi connectivity index (χ3n) is 5.31. The summed E-state index contributed by atoms with van der Waals surface area (Å²) < 4.78 is 17.1. The molecular formula is C24H20N4O5. The van der Waals surface area contributed by atoms with Gasteiger partial charge in [0.15, 0.2) is 6.61 Å². The summed E-state index contributed by atoms with van der Waals surface area (Å²) in [5.74, 6) is 0.349. The number of furan rings is 1. The molecule has 0 N–H and O–H groups in total. The van der Waals surface area contributed by atoms with Crippen LogP contribution in [0, 0.1) is 0 Å². The van der Waals surface area contributed by atoms with Crippen LogP contribution in [0.15, 0.2) is 68.6 Å². The second kappa shape index (κ2) is 8.34. The lowest BCUT2D eigenvalue weighted by Crippen LogP contribution is -2.25. The molecule has 3 aromatic heterocycles. The lowest BCUT2D eigenvalue weighted by atomic mass is 10.0. The van der Waals surface area contributed by atoms with Crippen LogP contribution in [0.25, 0.3) is 33.5 Å². The lowest BCUT2D eigenvalue weighted by molar-refractivity contribution is -0.146. The fourth-order valence-electron chi connectivity index (χ4n) is 3.50. The molecule has 0 fully saturated rings. The Morgan fingerprint density at radius 3 is 2.70 bits per heavy atom. The Kier molecular flexibility index (Phi) is 5.21. The van der Waals surface area contributed by atoms with Crippen molar-refractivity contribution in [2.24, 2.45) is 0 Å². The number of fused-ring (bicyclic) bond motifs is 3. The van der Waals surface area contributed by atoms with E-state index in [1.165, 1.54) is 11.9 Å². The number of carbonyl (C=O) groups is 1. The Bertz CT molecular complexity index is 1510. The van der Waals surface area contributed by atoms with Crippen LogP contribution < -0.4 is 5.56 Å². The predicted molar refractivity (Wildman–Crippen MR) is 119 cm³/mol. The zero-order chi connectivity index (χ0) is 22.9. The number of hydrogen-bond acceptors (Lipinski definition) is 8. The predicted octanol–water partition coefficient (Wildman–Crippen LogP) is 4.06. The highest BCUT2D eigenvalue weighted by atomic mass is 16.6. The Morgan fingerprint density at radius 2 is 1.91 bits per heavy atom. The third kappa shape index (κ3) is 4.00. The first kappa shape index (κ1) is 20.6. The zero-order valence-corrected chi connectivity index (χ0v) is 18.0. The van der Waals surface area contributed by atoms with E-state index in [1.54, 1.807) is 6.07 Å². The summed E-state index contributed by atoms with van der Waals surface area (Å²) in [6.45, 7) is 3.71. The third-order valence-corrected chi connectivity index (χ3v) is 5.31. The molecule has 2 aromatic carbocycles. The van der Waals surface area contributed by atoms with Crippen molar-refractivity contribution in [2.45, 2.75) is 32.9 Å². The summed E-state index contributed by atoms with van der Waals surface area (Å²) in [4.78, 5) is 33.6. The molecule has 0 amide bonds. The van der Waals surface area contributed by atoms with Gasteiger partial charge in [-0.2, -0.15) is 4.98 Å². The van der Waals surface area contributed by atoms with E-state index in [9.17, 15) is 9.59 Å². The van der Waals surface area contributed by atoms with Crippen molar-refractivity contribution in [1.82, 2.24) is 19.7 Å². The minimum Gasteiger partial charge on any atom is -0.454 e. The fourth-order valence-corrected chi connectivity index (χ4v) is 3.50. The molecule has 0 bridgehead atoms. The SMILES string of the molecule is CC(C)c1ccc(-c2noc(COC(=O)Cn3cnc4c(oc5ccccc54)c3=O)n2)cc1. The van der Waals surface area contributed by atoms with Crippen LogP contribution >= 0.6 is 0 Å². The van der Waals surface area contributed by atoms with Gasteiger partial charge in [0, 0.05) is 10.9 Å². The first-order valence-electron chi connectivity index (χ1n) is 10.4. The molecule has 5 aromatic rings. The van der Waals surface area contributed by atoms with Gasteiger partial charge in [-0.1, -0.05) is 55.4 Å². The average molecular weight is 444 g/mol. The van der Waals surface area contributed by atoms with Crippen molar-refractivity contribution >= 4 is 28.0 Å². The van der Waals surface area contributed by atoms with Gasteiger partial charge in [-0.25, -0.2) is 4.98 Å². The fraction of sp³-hybridized carbons (Fsp3) is 0.208. The largest absolute Gasteiger partial charge is 0.454 e. The Balaban J connectivity index is 1.26.